The highest BCUT2D eigenvalue weighted by molar-refractivity contribution is 7.47. The van der Waals surface area contributed by atoms with Crippen molar-refractivity contribution in [3.8, 4) is 5.75 Å². The number of hydrogen-bond donors (Lipinski definition) is 2. The number of nitrogens with zero attached hydrogens (tertiary/aromatic N) is 1. The molecule has 190 valence electrons. The molecule has 1 rings (SSSR count). The second-order valence-corrected chi connectivity index (χ2v) is 10.7. The molecule has 0 bridgehead atoms. The topological polar surface area (TPSA) is 125 Å². The van der Waals surface area contributed by atoms with E-state index in [9.17, 15) is 19.4 Å². The van der Waals surface area contributed by atoms with Crippen LogP contribution in [0.15, 0.2) is 18.2 Å². The summed E-state index contributed by atoms with van der Waals surface area (Å²) in [5.74, 6) is -0.394. The number of aryl methyl sites for hydroxylation is 2. The lowest BCUT2D eigenvalue weighted by Gasteiger charge is -2.42. The Morgan fingerprint density at radius 1 is 1.03 bits per heavy atom. The molecule has 0 fully saturated rings. The fourth-order valence-electron chi connectivity index (χ4n) is 3.15. The lowest BCUT2D eigenvalue weighted by molar-refractivity contribution is -0.973. The van der Waals surface area contributed by atoms with E-state index in [4.69, 9.17) is 18.9 Å². The summed E-state index contributed by atoms with van der Waals surface area (Å²) in [6.45, 7) is 4.80. The van der Waals surface area contributed by atoms with Crippen molar-refractivity contribution in [1.29, 1.82) is 0 Å². The van der Waals surface area contributed by atoms with E-state index >= 15 is 0 Å². The standard InChI is InChI=1S/C23H40NO8P/c1-18-12-13-20(16-19(18)2)30-14-10-8-6-7-9-11-15-31-33(28,29)32-21(17-22(25)26)23(27)24(3,4)5/h12-13,16,21,23H,6-11,14-15,17H2,1-5H3,(H,25,26)(H,28,29)/t21-,23?/m1/s1. The molecule has 9 nitrogen and oxygen atoms in total. The van der Waals surface area contributed by atoms with Crippen molar-refractivity contribution in [2.75, 3.05) is 34.4 Å². The first-order valence-electron chi connectivity index (χ1n) is 11.4. The van der Waals surface area contributed by atoms with E-state index < -0.39 is 32.5 Å². The number of carboxylic acids is 1. The minimum absolute atomic E-state index is 0.00262. The molecule has 0 heterocycles. The predicted octanol–water partition coefficient (Wildman–Crippen LogP) is 3.39. The van der Waals surface area contributed by atoms with Gasteiger partial charge in [0.25, 0.3) is 0 Å². The fraction of sp³-hybridized carbons (Fsp3) is 0.696. The van der Waals surface area contributed by atoms with Gasteiger partial charge in [0, 0.05) is 6.23 Å². The molecule has 0 aliphatic carbocycles. The molecule has 33 heavy (non-hydrogen) atoms. The first kappa shape index (κ1) is 29.6. The van der Waals surface area contributed by atoms with Crippen molar-refractivity contribution in [2.45, 2.75) is 71.1 Å². The summed E-state index contributed by atoms with van der Waals surface area (Å²) in [4.78, 5) is 20.9. The number of hydrogen-bond acceptors (Lipinski definition) is 6. The number of ether oxygens (including phenoxy) is 1. The number of carbonyl (C=O) groups is 1. The highest BCUT2D eigenvalue weighted by atomic mass is 31.2. The van der Waals surface area contributed by atoms with Crippen LogP contribution in [-0.2, 0) is 18.4 Å². The number of phosphoric acid groups is 1. The third-order valence-electron chi connectivity index (χ3n) is 5.27. The Balaban J connectivity index is 2.20. The van der Waals surface area contributed by atoms with Crippen molar-refractivity contribution >= 4 is 13.8 Å². The van der Waals surface area contributed by atoms with Gasteiger partial charge in [0.1, 0.15) is 11.9 Å². The molecule has 0 saturated heterocycles. The van der Waals surface area contributed by atoms with Gasteiger partial charge >= 0.3 is 13.8 Å². The van der Waals surface area contributed by atoms with Gasteiger partial charge in [-0.15, -0.1) is 0 Å². The number of quaternary nitrogens is 1. The van der Waals surface area contributed by atoms with Crippen LogP contribution in [0.2, 0.25) is 0 Å². The van der Waals surface area contributed by atoms with Gasteiger partial charge in [0.05, 0.1) is 40.8 Å². The number of phosphoric ester groups is 1. The molecule has 1 aromatic carbocycles. The van der Waals surface area contributed by atoms with Gasteiger partial charge in [-0.3, -0.25) is 13.8 Å². The zero-order chi connectivity index (χ0) is 25.1. The molecule has 0 aliphatic heterocycles. The average molecular weight is 490 g/mol. The maximum absolute atomic E-state index is 12.4. The van der Waals surface area contributed by atoms with Crippen LogP contribution in [0.3, 0.4) is 0 Å². The number of rotatable bonds is 17. The van der Waals surface area contributed by atoms with Crippen LogP contribution in [0.4, 0.5) is 0 Å². The maximum atomic E-state index is 12.4. The molecule has 0 radical (unpaired) electrons. The van der Waals surface area contributed by atoms with E-state index in [0.717, 1.165) is 37.9 Å². The highest BCUT2D eigenvalue weighted by Crippen LogP contribution is 2.45. The number of aliphatic carboxylic acids is 1. The molecule has 2 N–H and O–H groups in total. The summed E-state index contributed by atoms with van der Waals surface area (Å²) in [5.41, 5.74) is 2.46. The van der Waals surface area contributed by atoms with E-state index in [1.807, 2.05) is 12.1 Å². The van der Waals surface area contributed by atoms with E-state index in [2.05, 4.69) is 19.9 Å². The molecular formula is C23H40NO8P. The first-order valence-corrected chi connectivity index (χ1v) is 12.9. The van der Waals surface area contributed by atoms with Gasteiger partial charge in [0.15, 0.2) is 0 Å². The molecular weight excluding hydrogens is 449 g/mol. The van der Waals surface area contributed by atoms with Crippen molar-refractivity contribution in [1.82, 2.24) is 0 Å². The maximum Gasteiger partial charge on any atom is 0.472 e. The molecule has 2 unspecified atom stereocenters. The van der Waals surface area contributed by atoms with E-state index in [-0.39, 0.29) is 11.1 Å². The molecule has 0 aliphatic rings. The molecule has 0 amide bonds. The van der Waals surface area contributed by atoms with Gasteiger partial charge in [-0.05, 0) is 49.9 Å². The highest BCUT2D eigenvalue weighted by Gasteiger charge is 2.34. The van der Waals surface area contributed by atoms with Gasteiger partial charge in [-0.2, -0.15) is 0 Å². The smallest absolute Gasteiger partial charge is 0.472 e. The number of benzene rings is 1. The summed E-state index contributed by atoms with van der Waals surface area (Å²) in [6.07, 6.45) is 1.63. The van der Waals surface area contributed by atoms with Crippen molar-refractivity contribution in [3.05, 3.63) is 29.3 Å². The van der Waals surface area contributed by atoms with Crippen LogP contribution in [0.1, 0.15) is 56.1 Å². The SMILES string of the molecule is Cc1ccc(OCCCCCCCCOP(=O)(O)O[C@H](CC(=O)O)C([O-])[N+](C)(C)C)cc1C. The predicted molar refractivity (Wildman–Crippen MR) is 124 cm³/mol. The monoisotopic (exact) mass is 489 g/mol. The Hall–Kier alpha value is -1.48. The second kappa shape index (κ2) is 14.0. The zero-order valence-electron chi connectivity index (χ0n) is 20.5. The zero-order valence-corrected chi connectivity index (χ0v) is 21.4. The summed E-state index contributed by atoms with van der Waals surface area (Å²) in [5, 5.41) is 21.4. The van der Waals surface area contributed by atoms with E-state index in [1.165, 1.54) is 11.1 Å². The van der Waals surface area contributed by atoms with E-state index in [1.54, 1.807) is 21.1 Å². The van der Waals surface area contributed by atoms with Gasteiger partial charge in [-0.25, -0.2) is 4.57 Å². The third kappa shape index (κ3) is 12.5. The third-order valence-corrected chi connectivity index (χ3v) is 6.31. The van der Waals surface area contributed by atoms with Crippen LogP contribution >= 0.6 is 7.82 Å². The van der Waals surface area contributed by atoms with Crippen LogP contribution in [-0.4, -0.2) is 67.1 Å². The summed E-state index contributed by atoms with van der Waals surface area (Å²) in [7, 11) is 0.168. The fourth-order valence-corrected chi connectivity index (χ4v) is 4.09. The molecule has 10 heteroatoms. The van der Waals surface area contributed by atoms with Crippen LogP contribution in [0.5, 0.6) is 5.75 Å². The normalized spacial score (nSPS) is 15.6. The van der Waals surface area contributed by atoms with Crippen molar-refractivity contribution in [3.63, 3.8) is 0 Å². The number of likely N-dealkylation sites (N-methyl/N-ethyl adjacent to an activating group) is 1. The molecule has 0 saturated carbocycles. The molecule has 0 spiro atoms. The van der Waals surface area contributed by atoms with E-state index in [0.29, 0.717) is 13.0 Å². The Morgan fingerprint density at radius 3 is 2.15 bits per heavy atom. The van der Waals surface area contributed by atoms with Gasteiger partial charge in [0.2, 0.25) is 0 Å². The Labute approximate surface area is 197 Å². The van der Waals surface area contributed by atoms with Crippen LogP contribution in [0, 0.1) is 13.8 Å². The minimum atomic E-state index is -4.52. The van der Waals surface area contributed by atoms with Crippen molar-refractivity contribution < 1.29 is 42.7 Å². The largest absolute Gasteiger partial charge is 0.804 e. The Morgan fingerprint density at radius 2 is 1.61 bits per heavy atom. The van der Waals surface area contributed by atoms with Gasteiger partial charge < -0.3 is 24.3 Å². The molecule has 3 atom stereocenters. The summed E-state index contributed by atoms with van der Waals surface area (Å²) in [6, 6.07) is 6.08. The average Bonchev–Trinajstić information content (AvgIpc) is 2.69. The number of carboxylic acid groups (broad SMARTS) is 1. The number of unbranched alkanes of at least 4 members (excludes halogenated alkanes) is 5. The lowest BCUT2D eigenvalue weighted by atomic mass is 10.1. The van der Waals surface area contributed by atoms with Crippen molar-refractivity contribution in [2.24, 2.45) is 0 Å². The molecule has 0 aromatic heterocycles. The van der Waals surface area contributed by atoms with Crippen LogP contribution < -0.4 is 9.84 Å². The quantitative estimate of drug-likeness (QED) is 0.148. The Bertz CT molecular complexity index is 780. The Kier molecular flexibility index (Phi) is 12.6. The summed E-state index contributed by atoms with van der Waals surface area (Å²) >= 11 is 0. The minimum Gasteiger partial charge on any atom is -0.804 e. The van der Waals surface area contributed by atoms with Gasteiger partial charge in [-0.1, -0.05) is 31.7 Å². The lowest BCUT2D eigenvalue weighted by Crippen LogP contribution is -2.60. The second-order valence-electron chi connectivity index (χ2n) is 9.27. The summed E-state index contributed by atoms with van der Waals surface area (Å²) < 4.78 is 27.6. The first-order chi connectivity index (χ1) is 15.3. The van der Waals surface area contributed by atoms with Crippen LogP contribution in [0.25, 0.3) is 0 Å². The molecule has 1 aromatic rings.